The van der Waals surface area contributed by atoms with Crippen molar-refractivity contribution in [2.45, 2.75) is 40.7 Å². The van der Waals surface area contributed by atoms with Crippen molar-refractivity contribution in [1.29, 1.82) is 0 Å². The topological polar surface area (TPSA) is 73.0 Å². The van der Waals surface area contributed by atoms with Crippen LogP contribution in [0.15, 0.2) is 54.8 Å². The first-order valence-corrected chi connectivity index (χ1v) is 8.05. The molecule has 6 nitrogen and oxygen atoms in total. The lowest BCUT2D eigenvalue weighted by Crippen LogP contribution is -2.12. The molecule has 0 unspecified atom stereocenters. The Morgan fingerprint density at radius 3 is 2.52 bits per heavy atom. The van der Waals surface area contributed by atoms with Gasteiger partial charge < -0.3 is 9.84 Å². The Bertz CT molecular complexity index is 679. The molecule has 0 aliphatic rings. The number of aromatic nitrogens is 3. The Morgan fingerprint density at radius 1 is 1.36 bits per heavy atom. The van der Waals surface area contributed by atoms with Gasteiger partial charge in [0.1, 0.15) is 5.76 Å². The summed E-state index contributed by atoms with van der Waals surface area (Å²) in [4.78, 5) is 11.7. The third-order valence-corrected chi connectivity index (χ3v) is 3.09. The van der Waals surface area contributed by atoms with Crippen LogP contribution in [0.25, 0.3) is 0 Å². The minimum atomic E-state index is -0.164. The number of carbonyl (C=O) groups is 1. The second-order valence-corrected chi connectivity index (χ2v) is 4.79. The van der Waals surface area contributed by atoms with Gasteiger partial charge >= 0.3 is 0 Å². The maximum Gasteiger partial charge on any atom is 0.229 e. The number of nitrogens with zero attached hydrogens (tertiary/aromatic N) is 3. The molecule has 25 heavy (non-hydrogen) atoms. The van der Waals surface area contributed by atoms with E-state index in [0.29, 0.717) is 17.9 Å². The van der Waals surface area contributed by atoms with Gasteiger partial charge in [0.2, 0.25) is 5.91 Å². The third-order valence-electron chi connectivity index (χ3n) is 3.09. The highest BCUT2D eigenvalue weighted by Crippen LogP contribution is 2.14. The van der Waals surface area contributed by atoms with Crippen LogP contribution in [0.4, 0.5) is 5.82 Å². The Morgan fingerprint density at radius 2 is 2.00 bits per heavy atom. The summed E-state index contributed by atoms with van der Waals surface area (Å²) in [5, 5.41) is 10.9. The van der Waals surface area contributed by atoms with Crippen molar-refractivity contribution in [2.24, 2.45) is 0 Å². The summed E-state index contributed by atoms with van der Waals surface area (Å²) in [7, 11) is 0. The molecule has 0 spiro atoms. The lowest BCUT2D eigenvalue weighted by atomic mass is 10.2. The molecule has 1 N–H and O–H groups in total. The van der Waals surface area contributed by atoms with Crippen molar-refractivity contribution in [3.63, 3.8) is 0 Å². The molecule has 0 fully saturated rings. The van der Waals surface area contributed by atoms with Gasteiger partial charge in [-0.3, -0.25) is 9.48 Å². The highest BCUT2D eigenvalue weighted by atomic mass is 16.5. The van der Waals surface area contributed by atoms with Crippen LogP contribution in [0.1, 0.15) is 37.3 Å². The molecule has 2 aromatic heterocycles. The molecule has 0 radical (unpaired) electrons. The van der Waals surface area contributed by atoms with E-state index in [9.17, 15) is 4.79 Å². The smallest absolute Gasteiger partial charge is 0.229 e. The van der Waals surface area contributed by atoms with Gasteiger partial charge in [0.15, 0.2) is 5.82 Å². The fourth-order valence-corrected chi connectivity index (χ4v) is 1.87. The molecule has 1 amide bonds. The molecule has 0 atom stereocenters. The van der Waals surface area contributed by atoms with Crippen LogP contribution in [0.2, 0.25) is 0 Å². The van der Waals surface area contributed by atoms with Crippen molar-refractivity contribution in [3.05, 3.63) is 67.2 Å². The van der Waals surface area contributed by atoms with E-state index in [2.05, 4.69) is 41.9 Å². The van der Waals surface area contributed by atoms with Crippen LogP contribution < -0.4 is 5.32 Å². The van der Waals surface area contributed by atoms with Gasteiger partial charge in [0, 0.05) is 17.8 Å². The van der Waals surface area contributed by atoms with Gasteiger partial charge in [-0.1, -0.05) is 38.2 Å². The summed E-state index contributed by atoms with van der Waals surface area (Å²) in [5.74, 6) is 1.11. The molecule has 0 aliphatic carbocycles. The number of carbonyl (C=O) groups excluding carboxylic acids is 1. The summed E-state index contributed by atoms with van der Waals surface area (Å²) < 4.78 is 6.84. The summed E-state index contributed by atoms with van der Waals surface area (Å²) in [6.45, 7) is 21.6. The Hall–Kier alpha value is -2.89. The first kappa shape index (κ1) is 22.1. The molecule has 0 saturated carbocycles. The fourth-order valence-electron chi connectivity index (χ4n) is 1.87. The van der Waals surface area contributed by atoms with Gasteiger partial charge in [-0.05, 0) is 19.4 Å². The third kappa shape index (κ3) is 7.03. The maximum absolute atomic E-state index is 11.7. The van der Waals surface area contributed by atoms with Crippen molar-refractivity contribution in [2.75, 3.05) is 5.32 Å². The zero-order valence-electron chi connectivity index (χ0n) is 15.6. The van der Waals surface area contributed by atoms with E-state index in [4.69, 9.17) is 4.52 Å². The highest BCUT2D eigenvalue weighted by Gasteiger charge is 2.11. The summed E-state index contributed by atoms with van der Waals surface area (Å²) in [5.41, 5.74) is 2.51. The first-order valence-electron chi connectivity index (χ1n) is 8.05. The van der Waals surface area contributed by atoms with E-state index >= 15 is 0 Å². The predicted molar refractivity (Wildman–Crippen MR) is 102 cm³/mol. The number of allylic oxidation sites excluding steroid dienone is 1. The van der Waals surface area contributed by atoms with Crippen LogP contribution in [0, 0.1) is 13.8 Å². The van der Waals surface area contributed by atoms with Crippen LogP contribution in [-0.4, -0.2) is 20.8 Å². The second-order valence-electron chi connectivity index (χ2n) is 4.79. The van der Waals surface area contributed by atoms with E-state index in [0.717, 1.165) is 17.0 Å². The van der Waals surface area contributed by atoms with Crippen LogP contribution in [-0.2, 0) is 11.3 Å². The van der Waals surface area contributed by atoms with Gasteiger partial charge in [-0.2, -0.15) is 5.10 Å². The monoisotopic (exact) mass is 344 g/mol. The van der Waals surface area contributed by atoms with Crippen LogP contribution in [0.3, 0.4) is 0 Å². The van der Waals surface area contributed by atoms with Gasteiger partial charge in [-0.15, -0.1) is 13.2 Å². The number of hydrogen-bond acceptors (Lipinski definition) is 4. The number of amides is 1. The minimum absolute atomic E-state index is 0.164. The molecular formula is C19H28N4O2. The predicted octanol–water partition coefficient (Wildman–Crippen LogP) is 4.44. The van der Waals surface area contributed by atoms with Crippen molar-refractivity contribution >= 4 is 11.7 Å². The highest BCUT2D eigenvalue weighted by molar-refractivity contribution is 5.91. The number of nitrogens with one attached hydrogen (secondary N) is 1. The number of aryl methyl sites for hydroxylation is 2. The van der Waals surface area contributed by atoms with Crippen LogP contribution >= 0.6 is 0 Å². The summed E-state index contributed by atoms with van der Waals surface area (Å²) in [6.07, 6.45) is 3.57. The molecule has 0 aliphatic heterocycles. The first-order chi connectivity index (χ1) is 12.0. The molecule has 2 heterocycles. The van der Waals surface area contributed by atoms with Gasteiger partial charge in [0.05, 0.1) is 18.7 Å². The average molecular weight is 344 g/mol. The molecule has 2 rings (SSSR count). The lowest BCUT2D eigenvalue weighted by Gasteiger charge is -2.02. The molecule has 0 bridgehead atoms. The normalized spacial score (nSPS) is 9.12. The molecule has 0 saturated heterocycles. The molecule has 0 aromatic carbocycles. The minimum Gasteiger partial charge on any atom is -0.361 e. The van der Waals surface area contributed by atoms with Crippen molar-refractivity contribution < 1.29 is 9.32 Å². The molecular weight excluding hydrogens is 316 g/mol. The van der Waals surface area contributed by atoms with E-state index in [-0.39, 0.29) is 12.3 Å². The van der Waals surface area contributed by atoms with E-state index in [1.165, 1.54) is 0 Å². The molecule has 136 valence electrons. The Labute approximate surface area is 149 Å². The van der Waals surface area contributed by atoms with Crippen LogP contribution in [0.5, 0.6) is 0 Å². The lowest BCUT2D eigenvalue weighted by molar-refractivity contribution is -0.115. The largest absolute Gasteiger partial charge is 0.361 e. The van der Waals surface area contributed by atoms with E-state index < -0.39 is 0 Å². The molecule has 6 heteroatoms. The number of anilines is 1. The van der Waals surface area contributed by atoms with Crippen molar-refractivity contribution in [1.82, 2.24) is 14.9 Å². The number of hydrogen-bond donors (Lipinski definition) is 1. The SMILES string of the molecule is C=C.C=CC(=C)CC(=O)Nc1ccn(Cc2c(C)noc2C)n1.CC. The Balaban J connectivity index is 0.00000134. The zero-order chi connectivity index (χ0) is 19.4. The summed E-state index contributed by atoms with van der Waals surface area (Å²) in [6, 6.07) is 1.74. The van der Waals surface area contributed by atoms with Gasteiger partial charge in [-0.25, -0.2) is 0 Å². The Kier molecular flexibility index (Phi) is 10.3. The van der Waals surface area contributed by atoms with E-state index in [1.54, 1.807) is 23.0 Å². The summed E-state index contributed by atoms with van der Waals surface area (Å²) >= 11 is 0. The van der Waals surface area contributed by atoms with Crippen molar-refractivity contribution in [3.8, 4) is 0 Å². The quantitative estimate of drug-likeness (QED) is 0.621. The molecule has 2 aromatic rings. The maximum atomic E-state index is 11.7. The van der Waals surface area contributed by atoms with E-state index in [1.807, 2.05) is 27.7 Å². The average Bonchev–Trinajstić information content (AvgIpc) is 3.19. The number of rotatable bonds is 6. The zero-order valence-corrected chi connectivity index (χ0v) is 15.6. The fraction of sp³-hybridized carbons (Fsp3) is 0.316. The standard InChI is InChI=1S/C15H18N4O2.C2H6.C2H4/c1-5-10(2)8-15(20)16-14-6-7-19(17-14)9-13-11(3)18-21-12(13)4;2*1-2/h5-7H,1-2,8-9H2,3-4H3,(H,16,17,20);1-2H3;1-2H2. The second kappa shape index (κ2) is 11.6. The van der Waals surface area contributed by atoms with Gasteiger partial charge in [0.25, 0.3) is 0 Å².